The number of halogens is 1. The molecule has 4 saturated carbocycles. The van der Waals surface area contributed by atoms with E-state index in [0.29, 0.717) is 21.9 Å². The SMILES string of the molecule is CC12CC3CC(C)(C1)CC(C(=O)Nc1nc(F)cs1)(C3)C2. The Kier molecular flexibility index (Phi) is 2.64. The van der Waals surface area contributed by atoms with Crippen LogP contribution < -0.4 is 5.32 Å². The lowest BCUT2D eigenvalue weighted by Crippen LogP contribution is -2.58. The third-order valence-electron chi connectivity index (χ3n) is 5.80. The lowest BCUT2D eigenvalue weighted by molar-refractivity contribution is -0.165. The van der Waals surface area contributed by atoms with Crippen molar-refractivity contribution in [2.45, 2.75) is 52.4 Å². The van der Waals surface area contributed by atoms with Gasteiger partial charge in [0.25, 0.3) is 0 Å². The lowest BCUT2D eigenvalue weighted by atomic mass is 9.40. The van der Waals surface area contributed by atoms with Crippen LogP contribution in [0.5, 0.6) is 0 Å². The van der Waals surface area contributed by atoms with Crippen molar-refractivity contribution in [3.05, 3.63) is 11.3 Å². The highest BCUT2D eigenvalue weighted by atomic mass is 32.1. The van der Waals surface area contributed by atoms with Gasteiger partial charge in [0.15, 0.2) is 5.13 Å². The fourth-order valence-electron chi connectivity index (χ4n) is 6.24. The predicted octanol–water partition coefficient (Wildman–Crippen LogP) is 4.22. The van der Waals surface area contributed by atoms with Gasteiger partial charge in [-0.2, -0.15) is 9.37 Å². The van der Waals surface area contributed by atoms with Gasteiger partial charge in [0.05, 0.1) is 5.41 Å². The second-order valence-corrected chi connectivity index (χ2v) is 9.20. The molecular formula is C16H21FN2OS. The Labute approximate surface area is 128 Å². The molecule has 4 aliphatic rings. The molecule has 1 aromatic heterocycles. The number of thiazole rings is 1. The van der Waals surface area contributed by atoms with Crippen LogP contribution in [-0.4, -0.2) is 10.9 Å². The van der Waals surface area contributed by atoms with Crippen LogP contribution in [0.25, 0.3) is 0 Å². The molecule has 4 fully saturated rings. The predicted molar refractivity (Wildman–Crippen MR) is 80.5 cm³/mol. The van der Waals surface area contributed by atoms with E-state index in [2.05, 4.69) is 24.1 Å². The molecule has 0 aliphatic heterocycles. The molecule has 4 aliphatic carbocycles. The minimum atomic E-state index is -0.514. The number of amides is 1. The van der Waals surface area contributed by atoms with Gasteiger partial charge in [0.1, 0.15) is 0 Å². The van der Waals surface area contributed by atoms with Gasteiger partial charge in [-0.05, 0) is 55.3 Å². The van der Waals surface area contributed by atoms with Gasteiger partial charge < -0.3 is 5.32 Å². The number of nitrogens with one attached hydrogen (secondary N) is 1. The molecule has 0 aromatic carbocycles. The van der Waals surface area contributed by atoms with Crippen LogP contribution in [0.2, 0.25) is 0 Å². The first kappa shape index (κ1) is 13.7. The number of carbonyl (C=O) groups excluding carboxylic acids is 1. The van der Waals surface area contributed by atoms with Crippen LogP contribution in [0.4, 0.5) is 9.52 Å². The Balaban J connectivity index is 1.63. The van der Waals surface area contributed by atoms with Crippen LogP contribution in [0, 0.1) is 28.1 Å². The topological polar surface area (TPSA) is 42.0 Å². The number of hydrogen-bond donors (Lipinski definition) is 1. The number of aromatic nitrogens is 1. The summed E-state index contributed by atoms with van der Waals surface area (Å²) in [6.45, 7) is 4.70. The summed E-state index contributed by atoms with van der Waals surface area (Å²) in [4.78, 5) is 16.6. The van der Waals surface area contributed by atoms with E-state index in [1.54, 1.807) is 0 Å². The summed E-state index contributed by atoms with van der Waals surface area (Å²) in [6.07, 6.45) is 6.74. The number of carbonyl (C=O) groups is 1. The molecule has 1 aromatic rings. The zero-order valence-electron chi connectivity index (χ0n) is 12.5. The molecule has 114 valence electrons. The van der Waals surface area contributed by atoms with E-state index in [9.17, 15) is 9.18 Å². The van der Waals surface area contributed by atoms with Crippen LogP contribution in [0.15, 0.2) is 5.38 Å². The number of anilines is 1. The van der Waals surface area contributed by atoms with Crippen LogP contribution in [0.3, 0.4) is 0 Å². The van der Waals surface area contributed by atoms with E-state index < -0.39 is 5.95 Å². The maximum atomic E-state index is 13.0. The quantitative estimate of drug-likeness (QED) is 0.889. The minimum Gasteiger partial charge on any atom is -0.301 e. The number of nitrogens with zero attached hydrogens (tertiary/aromatic N) is 1. The van der Waals surface area contributed by atoms with Crippen molar-refractivity contribution < 1.29 is 9.18 Å². The van der Waals surface area contributed by atoms with E-state index in [0.717, 1.165) is 30.6 Å². The monoisotopic (exact) mass is 308 g/mol. The molecule has 5 heteroatoms. The molecule has 4 bridgehead atoms. The van der Waals surface area contributed by atoms with Crippen LogP contribution in [-0.2, 0) is 4.79 Å². The van der Waals surface area contributed by atoms with Crippen molar-refractivity contribution >= 4 is 22.4 Å². The molecule has 1 amide bonds. The summed E-state index contributed by atoms with van der Waals surface area (Å²) in [5.41, 5.74) is 0.352. The maximum absolute atomic E-state index is 13.0. The van der Waals surface area contributed by atoms with Gasteiger partial charge in [0.2, 0.25) is 11.9 Å². The van der Waals surface area contributed by atoms with E-state index >= 15 is 0 Å². The van der Waals surface area contributed by atoms with Crippen molar-refractivity contribution in [1.82, 2.24) is 4.98 Å². The minimum absolute atomic E-state index is 0.0680. The van der Waals surface area contributed by atoms with Gasteiger partial charge >= 0.3 is 0 Å². The third kappa shape index (κ3) is 2.12. The fraction of sp³-hybridized carbons (Fsp3) is 0.750. The second kappa shape index (κ2) is 4.06. The zero-order chi connectivity index (χ0) is 14.9. The molecule has 3 nitrogen and oxygen atoms in total. The third-order valence-corrected chi connectivity index (χ3v) is 6.53. The van der Waals surface area contributed by atoms with Crippen LogP contribution >= 0.6 is 11.3 Å². The summed E-state index contributed by atoms with van der Waals surface area (Å²) in [5, 5.41) is 4.61. The molecule has 2 unspecified atom stereocenters. The van der Waals surface area contributed by atoms with Crippen molar-refractivity contribution in [3.8, 4) is 0 Å². The smallest absolute Gasteiger partial charge is 0.232 e. The van der Waals surface area contributed by atoms with Gasteiger partial charge in [-0.15, -0.1) is 11.3 Å². The number of hydrogen-bond acceptors (Lipinski definition) is 3. The summed E-state index contributed by atoms with van der Waals surface area (Å²) in [7, 11) is 0. The first-order valence-corrected chi connectivity index (χ1v) is 8.61. The normalized spacial score (nSPS) is 44.0. The molecule has 0 saturated heterocycles. The van der Waals surface area contributed by atoms with Crippen molar-refractivity contribution in [2.75, 3.05) is 5.32 Å². The zero-order valence-corrected chi connectivity index (χ0v) is 13.4. The van der Waals surface area contributed by atoms with Crippen molar-refractivity contribution in [2.24, 2.45) is 22.2 Å². The van der Waals surface area contributed by atoms with E-state index in [-0.39, 0.29) is 11.3 Å². The van der Waals surface area contributed by atoms with Crippen LogP contribution in [0.1, 0.15) is 52.4 Å². The molecule has 5 rings (SSSR count). The van der Waals surface area contributed by atoms with Gasteiger partial charge in [-0.3, -0.25) is 4.79 Å². The highest BCUT2D eigenvalue weighted by molar-refractivity contribution is 7.13. The Morgan fingerprint density at radius 3 is 2.48 bits per heavy atom. The Bertz CT molecular complexity index is 595. The summed E-state index contributed by atoms with van der Waals surface area (Å²) in [6, 6.07) is 0. The molecule has 2 atom stereocenters. The molecule has 0 radical (unpaired) electrons. The molecule has 1 N–H and O–H groups in total. The molecule has 1 heterocycles. The highest BCUT2D eigenvalue weighted by Crippen LogP contribution is 2.69. The molecule has 21 heavy (non-hydrogen) atoms. The average molecular weight is 308 g/mol. The Morgan fingerprint density at radius 1 is 1.29 bits per heavy atom. The molecule has 0 spiro atoms. The van der Waals surface area contributed by atoms with Crippen molar-refractivity contribution in [1.29, 1.82) is 0 Å². The van der Waals surface area contributed by atoms with E-state index in [4.69, 9.17) is 0 Å². The lowest BCUT2D eigenvalue weighted by Gasteiger charge is -2.64. The first-order valence-electron chi connectivity index (χ1n) is 7.73. The van der Waals surface area contributed by atoms with Gasteiger partial charge in [-0.25, -0.2) is 0 Å². The van der Waals surface area contributed by atoms with E-state index in [1.165, 1.54) is 24.6 Å². The largest absolute Gasteiger partial charge is 0.301 e. The fourth-order valence-corrected chi connectivity index (χ4v) is 6.80. The Morgan fingerprint density at radius 2 is 1.95 bits per heavy atom. The first-order chi connectivity index (χ1) is 9.80. The number of rotatable bonds is 2. The Hall–Kier alpha value is -0.970. The standard InChI is InChI=1S/C16H21FN2OS/c1-14-3-10-4-15(2,7-14)9-16(5-10,8-14)12(20)19-13-18-11(17)6-21-13/h6,10H,3-5,7-9H2,1-2H3,(H,18,19,20). The second-order valence-electron chi connectivity index (χ2n) is 8.34. The summed E-state index contributed by atoms with van der Waals surface area (Å²) < 4.78 is 13.0. The van der Waals surface area contributed by atoms with Crippen molar-refractivity contribution in [3.63, 3.8) is 0 Å². The summed E-state index contributed by atoms with van der Waals surface area (Å²) >= 11 is 1.16. The highest BCUT2D eigenvalue weighted by Gasteiger charge is 2.62. The maximum Gasteiger partial charge on any atom is 0.232 e. The van der Waals surface area contributed by atoms with Gasteiger partial charge in [0, 0.05) is 5.38 Å². The van der Waals surface area contributed by atoms with Gasteiger partial charge in [-0.1, -0.05) is 13.8 Å². The average Bonchev–Trinajstić information content (AvgIpc) is 2.69. The molecular weight excluding hydrogens is 287 g/mol. The van der Waals surface area contributed by atoms with E-state index in [1.807, 2.05) is 0 Å². The summed E-state index contributed by atoms with van der Waals surface area (Å²) in [5.74, 6) is 0.230.